The van der Waals surface area contributed by atoms with E-state index in [1.165, 1.54) is 6.07 Å². The van der Waals surface area contributed by atoms with Gasteiger partial charge in [0, 0.05) is 33.2 Å². The highest BCUT2D eigenvalue weighted by Crippen LogP contribution is 2.45. The first kappa shape index (κ1) is 37.0. The Balaban J connectivity index is 1.33. The average molecular weight is 788 g/mol. The molecule has 11 heteroatoms. The van der Waals surface area contributed by atoms with Gasteiger partial charge in [-0.05, 0) is 82.9 Å². The molecule has 2 heterocycles. The zero-order valence-corrected chi connectivity index (χ0v) is 30.6. The minimum atomic E-state index is -5.17. The van der Waals surface area contributed by atoms with Gasteiger partial charge >= 0.3 is 12.4 Å². The van der Waals surface area contributed by atoms with Crippen LogP contribution in [0, 0.1) is 11.3 Å². The number of benzene rings is 7. The number of fused-ring (bicyclic) bond motifs is 3. The average Bonchev–Trinajstić information content (AvgIpc) is 3.59. The summed E-state index contributed by atoms with van der Waals surface area (Å²) < 4.78 is 88.7. The molecule has 0 saturated carbocycles. The van der Waals surface area contributed by atoms with Crippen LogP contribution < -0.4 is 0 Å². The Morgan fingerprint density at radius 3 is 1.69 bits per heavy atom. The largest absolute Gasteiger partial charge is 0.417 e. The smallest absolute Gasteiger partial charge is 0.309 e. The molecule has 0 amide bonds. The van der Waals surface area contributed by atoms with Gasteiger partial charge in [0.1, 0.15) is 0 Å². The summed E-state index contributed by atoms with van der Waals surface area (Å²) in [6.45, 7) is 0. The first-order valence-electron chi connectivity index (χ1n) is 18.3. The van der Waals surface area contributed by atoms with E-state index >= 15 is 0 Å². The highest BCUT2D eigenvalue weighted by Gasteiger charge is 2.39. The van der Waals surface area contributed by atoms with Crippen LogP contribution in [0.25, 0.3) is 83.9 Å². The molecule has 0 aliphatic rings. The van der Waals surface area contributed by atoms with E-state index in [0.29, 0.717) is 28.4 Å². The van der Waals surface area contributed by atoms with Crippen molar-refractivity contribution in [2.45, 2.75) is 12.4 Å². The molecule has 0 N–H and O–H groups in total. The second kappa shape index (κ2) is 14.4. The van der Waals surface area contributed by atoms with Crippen LogP contribution >= 0.6 is 0 Å². The lowest BCUT2D eigenvalue weighted by molar-refractivity contribution is -0.142. The Bertz CT molecular complexity index is 3030. The van der Waals surface area contributed by atoms with Crippen molar-refractivity contribution >= 4 is 21.8 Å². The van der Waals surface area contributed by atoms with Crippen LogP contribution in [0.3, 0.4) is 0 Å². The molecule has 0 bridgehead atoms. The van der Waals surface area contributed by atoms with Crippen LogP contribution in [0.4, 0.5) is 26.3 Å². The molecule has 0 radical (unpaired) electrons. The fourth-order valence-corrected chi connectivity index (χ4v) is 7.41. The van der Waals surface area contributed by atoms with E-state index in [2.05, 4.69) is 6.07 Å². The van der Waals surface area contributed by atoms with Gasteiger partial charge < -0.3 is 4.57 Å². The van der Waals surface area contributed by atoms with Crippen LogP contribution in [0.2, 0.25) is 0 Å². The molecule has 9 aromatic rings. The summed E-state index contributed by atoms with van der Waals surface area (Å²) in [5, 5.41) is 11.2. The number of aromatic nitrogens is 4. The topological polar surface area (TPSA) is 67.4 Å². The Hall–Kier alpha value is -7.58. The second-order valence-corrected chi connectivity index (χ2v) is 13.8. The standard InChI is InChI=1S/C48H27F6N5/c49-47(50,51)34-19-21-36(41(26-34)48(52,53)54)39-27-35(20-22-38(39)46-57-44(30-11-3-1-4-12-30)56-45(58-46)31-13-5-2-6-14-31)59-42-17-8-7-16-37(42)40-25-33(18-23-43(40)59)32-15-9-10-29(24-32)28-55/h1-27H. The molecule has 0 unspecified atom stereocenters. The van der Waals surface area contributed by atoms with Crippen molar-refractivity contribution in [3.05, 3.63) is 180 Å². The maximum absolute atomic E-state index is 15.0. The lowest BCUT2D eigenvalue weighted by Crippen LogP contribution is -2.12. The maximum atomic E-state index is 15.0. The van der Waals surface area contributed by atoms with Crippen LogP contribution in [-0.2, 0) is 12.4 Å². The van der Waals surface area contributed by atoms with Crippen molar-refractivity contribution in [3.8, 4) is 68.2 Å². The summed E-state index contributed by atoms with van der Waals surface area (Å²) in [5.41, 5.74) is 2.10. The minimum absolute atomic E-state index is 0.0266. The summed E-state index contributed by atoms with van der Waals surface area (Å²) in [7, 11) is 0. The van der Waals surface area contributed by atoms with E-state index in [1.54, 1.807) is 78.9 Å². The lowest BCUT2D eigenvalue weighted by Gasteiger charge is -2.20. The van der Waals surface area contributed by atoms with E-state index in [0.717, 1.165) is 39.0 Å². The molecule has 9 rings (SSSR count). The van der Waals surface area contributed by atoms with Gasteiger partial charge in [0.05, 0.1) is 33.8 Å². The lowest BCUT2D eigenvalue weighted by atomic mass is 9.92. The molecule has 7 aromatic carbocycles. The fourth-order valence-electron chi connectivity index (χ4n) is 7.41. The van der Waals surface area contributed by atoms with Crippen LogP contribution in [0.5, 0.6) is 0 Å². The highest BCUT2D eigenvalue weighted by molar-refractivity contribution is 6.10. The predicted molar refractivity (Wildman–Crippen MR) is 216 cm³/mol. The number of hydrogen-bond acceptors (Lipinski definition) is 4. The van der Waals surface area contributed by atoms with Gasteiger partial charge in [0.2, 0.25) is 0 Å². The summed E-state index contributed by atoms with van der Waals surface area (Å²) in [6, 6.07) is 47.3. The number of nitriles is 1. The second-order valence-electron chi connectivity index (χ2n) is 13.8. The number of rotatable bonds is 6. The van der Waals surface area contributed by atoms with Gasteiger partial charge in [0.25, 0.3) is 0 Å². The summed E-state index contributed by atoms with van der Waals surface area (Å²) >= 11 is 0. The molecule has 0 saturated heterocycles. The maximum Gasteiger partial charge on any atom is 0.417 e. The molecule has 286 valence electrons. The van der Waals surface area contributed by atoms with Crippen LogP contribution in [0.1, 0.15) is 16.7 Å². The van der Waals surface area contributed by atoms with Gasteiger partial charge in [-0.1, -0.05) is 103 Å². The number of hydrogen-bond donors (Lipinski definition) is 0. The van der Waals surface area contributed by atoms with Gasteiger partial charge in [-0.15, -0.1) is 0 Å². The fraction of sp³-hybridized carbons (Fsp3) is 0.0417. The van der Waals surface area contributed by atoms with Crippen molar-refractivity contribution in [2.75, 3.05) is 0 Å². The number of alkyl halides is 6. The Morgan fingerprint density at radius 1 is 0.441 bits per heavy atom. The molecule has 0 fully saturated rings. The van der Waals surface area contributed by atoms with Crippen LogP contribution in [-0.4, -0.2) is 19.5 Å². The van der Waals surface area contributed by atoms with E-state index in [-0.39, 0.29) is 34.7 Å². The molecule has 0 spiro atoms. The summed E-state index contributed by atoms with van der Waals surface area (Å²) in [6.07, 6.45) is -10.2. The summed E-state index contributed by atoms with van der Waals surface area (Å²) in [4.78, 5) is 14.2. The van der Waals surface area contributed by atoms with Crippen molar-refractivity contribution in [2.24, 2.45) is 0 Å². The summed E-state index contributed by atoms with van der Waals surface area (Å²) in [5.74, 6) is 0.539. The van der Waals surface area contributed by atoms with E-state index < -0.39 is 29.0 Å². The molecule has 0 aliphatic heterocycles. The third kappa shape index (κ3) is 6.95. The Morgan fingerprint density at radius 2 is 1.03 bits per heavy atom. The number of halogens is 6. The molecule has 59 heavy (non-hydrogen) atoms. The van der Waals surface area contributed by atoms with Gasteiger partial charge in [-0.3, -0.25) is 0 Å². The molecular formula is C48H27F6N5. The third-order valence-electron chi connectivity index (χ3n) is 10.1. The number of nitrogens with zero attached hydrogens (tertiary/aromatic N) is 5. The third-order valence-corrected chi connectivity index (χ3v) is 10.1. The normalized spacial score (nSPS) is 11.9. The van der Waals surface area contributed by atoms with Gasteiger partial charge in [0.15, 0.2) is 17.5 Å². The molecule has 5 nitrogen and oxygen atoms in total. The van der Waals surface area contributed by atoms with Crippen LogP contribution in [0.15, 0.2) is 164 Å². The van der Waals surface area contributed by atoms with E-state index in [1.807, 2.05) is 65.2 Å². The van der Waals surface area contributed by atoms with Crippen molar-refractivity contribution < 1.29 is 26.3 Å². The zero-order chi connectivity index (χ0) is 40.9. The van der Waals surface area contributed by atoms with Gasteiger partial charge in [-0.25, -0.2) is 15.0 Å². The first-order chi connectivity index (χ1) is 28.5. The Labute approximate surface area is 333 Å². The molecule has 0 atom stereocenters. The zero-order valence-electron chi connectivity index (χ0n) is 30.6. The predicted octanol–water partition coefficient (Wildman–Crippen LogP) is 13.2. The van der Waals surface area contributed by atoms with E-state index in [4.69, 9.17) is 15.0 Å². The van der Waals surface area contributed by atoms with Gasteiger partial charge in [-0.2, -0.15) is 31.6 Å². The molecule has 0 aliphatic carbocycles. The minimum Gasteiger partial charge on any atom is -0.309 e. The van der Waals surface area contributed by atoms with E-state index in [9.17, 15) is 31.6 Å². The highest BCUT2D eigenvalue weighted by atomic mass is 19.4. The molecule has 2 aromatic heterocycles. The van der Waals surface area contributed by atoms with Crippen molar-refractivity contribution in [1.29, 1.82) is 5.26 Å². The number of para-hydroxylation sites is 1. The monoisotopic (exact) mass is 787 g/mol. The van der Waals surface area contributed by atoms with Crippen molar-refractivity contribution in [3.63, 3.8) is 0 Å². The quantitative estimate of drug-likeness (QED) is 0.157. The van der Waals surface area contributed by atoms with Crippen molar-refractivity contribution in [1.82, 2.24) is 19.5 Å². The molecular weight excluding hydrogens is 761 g/mol. The SMILES string of the molecule is N#Cc1cccc(-c2ccc3c(c2)c2ccccc2n3-c2ccc(-c3nc(-c4ccccc4)nc(-c4ccccc4)n3)c(-c3ccc(C(F)(F)F)cc3C(F)(F)F)c2)c1. The first-order valence-corrected chi connectivity index (χ1v) is 18.3. The Kier molecular flexibility index (Phi) is 9.05.